The van der Waals surface area contributed by atoms with Crippen LogP contribution in [0.4, 0.5) is 0 Å². The first-order valence-corrected chi connectivity index (χ1v) is 5.63. The number of hydrogen-bond acceptors (Lipinski definition) is 5. The van der Waals surface area contributed by atoms with Crippen LogP contribution < -0.4 is 5.43 Å². The number of carboxylic acids is 1. The SMILES string of the molecule is CN1CCN(NCc2cc(C(=O)O)co2)CC1. The van der Waals surface area contributed by atoms with Crippen molar-refractivity contribution in [2.45, 2.75) is 6.54 Å². The van der Waals surface area contributed by atoms with E-state index in [4.69, 9.17) is 9.52 Å². The molecule has 17 heavy (non-hydrogen) atoms. The van der Waals surface area contributed by atoms with Gasteiger partial charge in [0.25, 0.3) is 0 Å². The van der Waals surface area contributed by atoms with Gasteiger partial charge in [0.15, 0.2) is 0 Å². The topological polar surface area (TPSA) is 69.0 Å². The Kier molecular flexibility index (Phi) is 3.78. The minimum absolute atomic E-state index is 0.195. The van der Waals surface area contributed by atoms with Crippen molar-refractivity contribution < 1.29 is 14.3 Å². The highest BCUT2D eigenvalue weighted by Gasteiger charge is 2.14. The molecular weight excluding hydrogens is 222 g/mol. The number of hydrazine groups is 1. The summed E-state index contributed by atoms with van der Waals surface area (Å²) in [7, 11) is 2.10. The number of nitrogens with one attached hydrogen (secondary N) is 1. The lowest BCUT2D eigenvalue weighted by Crippen LogP contribution is -2.50. The molecule has 1 aliphatic heterocycles. The molecule has 0 aliphatic carbocycles. The maximum Gasteiger partial charge on any atom is 0.338 e. The second-order valence-corrected chi connectivity index (χ2v) is 4.23. The molecule has 1 aliphatic rings. The third-order valence-corrected chi connectivity index (χ3v) is 2.88. The van der Waals surface area contributed by atoms with Crippen LogP contribution in [-0.4, -0.2) is 54.2 Å². The molecule has 0 radical (unpaired) electrons. The average Bonchev–Trinajstić information content (AvgIpc) is 2.77. The second-order valence-electron chi connectivity index (χ2n) is 4.23. The lowest BCUT2D eigenvalue weighted by atomic mass is 10.3. The summed E-state index contributed by atoms with van der Waals surface area (Å²) in [6.07, 6.45) is 1.27. The third kappa shape index (κ3) is 3.29. The lowest BCUT2D eigenvalue weighted by Gasteiger charge is -2.32. The number of carbonyl (C=O) groups is 1. The fourth-order valence-electron chi connectivity index (χ4n) is 1.74. The van der Waals surface area contributed by atoms with Crippen molar-refractivity contribution in [2.75, 3.05) is 33.2 Å². The van der Waals surface area contributed by atoms with Crippen LogP contribution in [0.5, 0.6) is 0 Å². The Morgan fingerprint density at radius 1 is 1.47 bits per heavy atom. The molecular formula is C11H17N3O3. The van der Waals surface area contributed by atoms with Gasteiger partial charge < -0.3 is 14.4 Å². The summed E-state index contributed by atoms with van der Waals surface area (Å²) in [5.74, 6) is -0.319. The number of furan rings is 1. The van der Waals surface area contributed by atoms with Gasteiger partial charge in [-0.25, -0.2) is 15.2 Å². The Morgan fingerprint density at radius 3 is 2.76 bits per heavy atom. The Bertz CT molecular complexity index is 383. The van der Waals surface area contributed by atoms with Crippen molar-refractivity contribution in [1.82, 2.24) is 15.3 Å². The maximum atomic E-state index is 10.7. The number of piperazine rings is 1. The molecule has 0 saturated carbocycles. The Morgan fingerprint density at radius 2 is 2.18 bits per heavy atom. The van der Waals surface area contributed by atoms with Gasteiger partial charge in [-0.1, -0.05) is 0 Å². The van der Waals surface area contributed by atoms with Crippen LogP contribution in [-0.2, 0) is 6.54 Å². The van der Waals surface area contributed by atoms with E-state index < -0.39 is 5.97 Å². The molecule has 0 bridgehead atoms. The molecule has 94 valence electrons. The Balaban J connectivity index is 1.79. The number of aromatic carboxylic acids is 1. The second kappa shape index (κ2) is 5.31. The summed E-state index contributed by atoms with van der Waals surface area (Å²) in [5, 5.41) is 10.9. The van der Waals surface area contributed by atoms with Crippen LogP contribution in [0.15, 0.2) is 16.7 Å². The minimum Gasteiger partial charge on any atom is -0.478 e. The zero-order valence-electron chi connectivity index (χ0n) is 9.85. The summed E-state index contributed by atoms with van der Waals surface area (Å²) >= 11 is 0. The number of likely N-dealkylation sites (N-methyl/N-ethyl adjacent to an activating group) is 1. The van der Waals surface area contributed by atoms with Crippen LogP contribution in [0.25, 0.3) is 0 Å². The quantitative estimate of drug-likeness (QED) is 0.784. The predicted molar refractivity (Wildman–Crippen MR) is 61.6 cm³/mol. The predicted octanol–water partition coefficient (Wildman–Crippen LogP) is 0.230. The Labute approximate surface area is 99.8 Å². The summed E-state index contributed by atoms with van der Waals surface area (Å²) in [6, 6.07) is 1.55. The maximum absolute atomic E-state index is 10.7. The van der Waals surface area contributed by atoms with E-state index in [1.165, 1.54) is 6.26 Å². The van der Waals surface area contributed by atoms with E-state index in [0.717, 1.165) is 26.2 Å². The van der Waals surface area contributed by atoms with Gasteiger partial charge in [0.2, 0.25) is 0 Å². The molecule has 6 heteroatoms. The van der Waals surface area contributed by atoms with E-state index in [-0.39, 0.29) is 5.56 Å². The van der Waals surface area contributed by atoms with E-state index in [0.29, 0.717) is 12.3 Å². The largest absolute Gasteiger partial charge is 0.478 e. The third-order valence-electron chi connectivity index (χ3n) is 2.88. The fraction of sp³-hybridized carbons (Fsp3) is 0.545. The molecule has 0 aromatic carbocycles. The molecule has 1 fully saturated rings. The van der Waals surface area contributed by atoms with Gasteiger partial charge >= 0.3 is 5.97 Å². The number of nitrogens with zero attached hydrogens (tertiary/aromatic N) is 2. The van der Waals surface area contributed by atoms with Crippen LogP contribution in [0.2, 0.25) is 0 Å². The molecule has 2 heterocycles. The van der Waals surface area contributed by atoms with Gasteiger partial charge in [-0.2, -0.15) is 0 Å². The van der Waals surface area contributed by atoms with E-state index in [9.17, 15) is 4.79 Å². The van der Waals surface area contributed by atoms with E-state index in [1.807, 2.05) is 0 Å². The normalized spacial score (nSPS) is 18.4. The van der Waals surface area contributed by atoms with Crippen molar-refractivity contribution in [3.8, 4) is 0 Å². The van der Waals surface area contributed by atoms with Crippen LogP contribution in [0.3, 0.4) is 0 Å². The van der Waals surface area contributed by atoms with Crippen molar-refractivity contribution in [1.29, 1.82) is 0 Å². The van der Waals surface area contributed by atoms with Gasteiger partial charge in [-0.3, -0.25) is 0 Å². The minimum atomic E-state index is -0.959. The van der Waals surface area contributed by atoms with Crippen LogP contribution >= 0.6 is 0 Å². The zero-order chi connectivity index (χ0) is 12.3. The first-order valence-electron chi connectivity index (χ1n) is 5.63. The van der Waals surface area contributed by atoms with Crippen molar-refractivity contribution in [2.24, 2.45) is 0 Å². The van der Waals surface area contributed by atoms with Crippen molar-refractivity contribution in [3.63, 3.8) is 0 Å². The van der Waals surface area contributed by atoms with Crippen molar-refractivity contribution >= 4 is 5.97 Å². The summed E-state index contributed by atoms with van der Waals surface area (Å²) in [6.45, 7) is 4.51. The monoisotopic (exact) mass is 239 g/mol. The molecule has 1 saturated heterocycles. The highest BCUT2D eigenvalue weighted by molar-refractivity contribution is 5.87. The summed E-state index contributed by atoms with van der Waals surface area (Å²) < 4.78 is 5.16. The first-order chi connectivity index (χ1) is 8.15. The molecule has 2 N–H and O–H groups in total. The highest BCUT2D eigenvalue weighted by atomic mass is 16.4. The first kappa shape index (κ1) is 12.1. The van der Waals surface area contributed by atoms with E-state index in [1.54, 1.807) is 6.07 Å². The van der Waals surface area contributed by atoms with Gasteiger partial charge in [-0.05, 0) is 13.1 Å². The molecule has 0 spiro atoms. The fourth-order valence-corrected chi connectivity index (χ4v) is 1.74. The standard InChI is InChI=1S/C11H17N3O3/c1-13-2-4-14(5-3-13)12-7-10-6-9(8-17-10)11(15)16/h6,8,12H,2-5,7H2,1H3,(H,15,16). The average molecular weight is 239 g/mol. The lowest BCUT2D eigenvalue weighted by molar-refractivity contribution is 0.0696. The number of hydrogen-bond donors (Lipinski definition) is 2. The van der Waals surface area contributed by atoms with E-state index >= 15 is 0 Å². The molecule has 1 aromatic heterocycles. The van der Waals surface area contributed by atoms with Gasteiger partial charge in [0, 0.05) is 26.2 Å². The molecule has 0 amide bonds. The van der Waals surface area contributed by atoms with Crippen molar-refractivity contribution in [3.05, 3.63) is 23.7 Å². The molecule has 0 atom stereocenters. The van der Waals surface area contributed by atoms with Crippen LogP contribution in [0, 0.1) is 0 Å². The smallest absolute Gasteiger partial charge is 0.338 e. The zero-order valence-corrected chi connectivity index (χ0v) is 9.85. The summed E-state index contributed by atoms with van der Waals surface area (Å²) in [5.41, 5.74) is 3.43. The highest BCUT2D eigenvalue weighted by Crippen LogP contribution is 2.08. The Hall–Kier alpha value is -1.37. The summed E-state index contributed by atoms with van der Waals surface area (Å²) in [4.78, 5) is 12.9. The number of carboxylic acid groups (broad SMARTS) is 1. The van der Waals surface area contributed by atoms with Gasteiger partial charge in [0.05, 0.1) is 12.1 Å². The molecule has 0 unspecified atom stereocenters. The van der Waals surface area contributed by atoms with Gasteiger partial charge in [-0.15, -0.1) is 0 Å². The van der Waals surface area contributed by atoms with E-state index in [2.05, 4.69) is 22.4 Å². The number of rotatable bonds is 4. The van der Waals surface area contributed by atoms with Crippen LogP contribution in [0.1, 0.15) is 16.1 Å². The van der Waals surface area contributed by atoms with Gasteiger partial charge in [0.1, 0.15) is 12.0 Å². The molecule has 1 aromatic rings. The molecule has 6 nitrogen and oxygen atoms in total. The molecule has 2 rings (SSSR count).